The Kier molecular flexibility index (Phi) is 3.62. The first-order chi connectivity index (χ1) is 10.1. The van der Waals surface area contributed by atoms with Gasteiger partial charge in [-0.3, -0.25) is 0 Å². The fourth-order valence-corrected chi connectivity index (χ4v) is 2.46. The van der Waals surface area contributed by atoms with E-state index in [1.54, 1.807) is 18.2 Å². The number of aromatic nitrogens is 2. The summed E-state index contributed by atoms with van der Waals surface area (Å²) in [7, 11) is 2.11. The van der Waals surface area contributed by atoms with Crippen molar-refractivity contribution in [2.24, 2.45) is 0 Å². The van der Waals surface area contributed by atoms with E-state index in [1.165, 1.54) is 0 Å². The molecule has 3 N–H and O–H groups in total. The fraction of sp³-hybridized carbons (Fsp3) is 0.333. The van der Waals surface area contributed by atoms with Crippen molar-refractivity contribution in [3.8, 4) is 17.0 Å². The Morgan fingerprint density at radius 3 is 2.57 bits per heavy atom. The quantitative estimate of drug-likeness (QED) is 0.863. The van der Waals surface area contributed by atoms with Crippen LogP contribution >= 0.6 is 0 Å². The van der Waals surface area contributed by atoms with Crippen molar-refractivity contribution >= 4 is 11.8 Å². The maximum Gasteiger partial charge on any atom is 0.222 e. The van der Waals surface area contributed by atoms with E-state index in [0.29, 0.717) is 0 Å². The Balaban J connectivity index is 1.93. The van der Waals surface area contributed by atoms with Gasteiger partial charge in [0.2, 0.25) is 5.95 Å². The van der Waals surface area contributed by atoms with Gasteiger partial charge in [-0.1, -0.05) is 12.1 Å². The van der Waals surface area contributed by atoms with Crippen LogP contribution in [-0.2, 0) is 0 Å². The Bertz CT molecular complexity index is 638. The summed E-state index contributed by atoms with van der Waals surface area (Å²) < 4.78 is 0. The van der Waals surface area contributed by atoms with Crippen molar-refractivity contribution in [3.05, 3.63) is 30.3 Å². The second-order valence-corrected chi connectivity index (χ2v) is 5.31. The summed E-state index contributed by atoms with van der Waals surface area (Å²) in [5.41, 5.74) is 7.41. The molecule has 1 fully saturated rings. The monoisotopic (exact) mass is 285 g/mol. The van der Waals surface area contributed by atoms with Crippen molar-refractivity contribution in [2.45, 2.75) is 0 Å². The summed E-state index contributed by atoms with van der Waals surface area (Å²) in [6.07, 6.45) is 0. The third-order valence-corrected chi connectivity index (χ3v) is 3.70. The Hall–Kier alpha value is -2.34. The standard InChI is InChI=1S/C15H19N5O/c1-19-5-7-20(8-6-19)14-10-13(17-15(16)18-14)11-3-2-4-12(21)9-11/h2-4,9-10,21H,5-8H2,1H3,(H2,16,17,18). The Morgan fingerprint density at radius 1 is 1.10 bits per heavy atom. The number of rotatable bonds is 2. The van der Waals surface area contributed by atoms with Gasteiger partial charge in [0.25, 0.3) is 0 Å². The zero-order chi connectivity index (χ0) is 14.8. The maximum atomic E-state index is 9.60. The molecule has 110 valence electrons. The number of hydrogen-bond acceptors (Lipinski definition) is 6. The van der Waals surface area contributed by atoms with Gasteiger partial charge in [-0.15, -0.1) is 0 Å². The van der Waals surface area contributed by atoms with Gasteiger partial charge in [0.1, 0.15) is 11.6 Å². The highest BCUT2D eigenvalue weighted by molar-refractivity contribution is 5.65. The topological polar surface area (TPSA) is 78.5 Å². The predicted octanol–water partition coefficient (Wildman–Crippen LogP) is 1.18. The summed E-state index contributed by atoms with van der Waals surface area (Å²) in [5, 5.41) is 9.60. The molecule has 0 radical (unpaired) electrons. The molecule has 6 heteroatoms. The molecule has 1 aliphatic rings. The average molecular weight is 285 g/mol. The van der Waals surface area contributed by atoms with Crippen LogP contribution in [0, 0.1) is 0 Å². The van der Waals surface area contributed by atoms with E-state index in [2.05, 4.69) is 26.8 Å². The van der Waals surface area contributed by atoms with Crippen molar-refractivity contribution in [1.82, 2.24) is 14.9 Å². The molecule has 0 aliphatic carbocycles. The Morgan fingerprint density at radius 2 is 1.86 bits per heavy atom. The summed E-state index contributed by atoms with van der Waals surface area (Å²) in [6.45, 7) is 3.86. The number of phenols is 1. The van der Waals surface area contributed by atoms with Crippen LogP contribution in [0.1, 0.15) is 0 Å². The van der Waals surface area contributed by atoms with Gasteiger partial charge in [0, 0.05) is 37.8 Å². The number of hydrogen-bond donors (Lipinski definition) is 2. The molecule has 1 aromatic carbocycles. The normalized spacial score (nSPS) is 16.1. The zero-order valence-corrected chi connectivity index (χ0v) is 12.0. The fourth-order valence-electron chi connectivity index (χ4n) is 2.46. The van der Waals surface area contributed by atoms with Crippen LogP contribution in [0.3, 0.4) is 0 Å². The number of nitrogens with two attached hydrogens (primary N) is 1. The summed E-state index contributed by atoms with van der Waals surface area (Å²) >= 11 is 0. The van der Waals surface area contributed by atoms with Gasteiger partial charge in [0.15, 0.2) is 0 Å². The lowest BCUT2D eigenvalue weighted by Crippen LogP contribution is -2.44. The predicted molar refractivity (Wildman–Crippen MR) is 83.3 cm³/mol. The molecule has 2 heterocycles. The van der Waals surface area contributed by atoms with Crippen LogP contribution < -0.4 is 10.6 Å². The number of anilines is 2. The third-order valence-electron chi connectivity index (χ3n) is 3.70. The molecule has 0 saturated carbocycles. The first kappa shape index (κ1) is 13.6. The molecule has 6 nitrogen and oxygen atoms in total. The molecule has 0 spiro atoms. The molecule has 0 amide bonds. The van der Waals surface area contributed by atoms with Crippen LogP contribution in [0.25, 0.3) is 11.3 Å². The first-order valence-electron chi connectivity index (χ1n) is 6.99. The largest absolute Gasteiger partial charge is 0.508 e. The minimum absolute atomic E-state index is 0.214. The molecule has 1 aliphatic heterocycles. The number of phenolic OH excluding ortho intramolecular Hbond substituents is 1. The van der Waals surface area contributed by atoms with E-state index in [4.69, 9.17) is 5.73 Å². The molecule has 2 aromatic rings. The summed E-state index contributed by atoms with van der Waals surface area (Å²) in [5.74, 6) is 1.31. The lowest BCUT2D eigenvalue weighted by Gasteiger charge is -2.33. The van der Waals surface area contributed by atoms with Gasteiger partial charge < -0.3 is 20.6 Å². The molecular weight excluding hydrogens is 266 g/mol. The molecule has 0 bridgehead atoms. The molecule has 1 saturated heterocycles. The van der Waals surface area contributed by atoms with E-state index < -0.39 is 0 Å². The van der Waals surface area contributed by atoms with Crippen LogP contribution in [-0.4, -0.2) is 53.2 Å². The number of piperazine rings is 1. The van der Waals surface area contributed by atoms with Gasteiger partial charge >= 0.3 is 0 Å². The van der Waals surface area contributed by atoms with Crippen molar-refractivity contribution in [3.63, 3.8) is 0 Å². The summed E-state index contributed by atoms with van der Waals surface area (Å²) in [4.78, 5) is 13.1. The SMILES string of the molecule is CN1CCN(c2cc(-c3cccc(O)c3)nc(N)n2)CC1. The van der Waals surface area contributed by atoms with E-state index in [0.717, 1.165) is 43.3 Å². The number of nitrogens with zero attached hydrogens (tertiary/aromatic N) is 4. The molecule has 0 unspecified atom stereocenters. The van der Waals surface area contributed by atoms with E-state index in [-0.39, 0.29) is 11.7 Å². The van der Waals surface area contributed by atoms with Gasteiger partial charge in [-0.2, -0.15) is 4.98 Å². The van der Waals surface area contributed by atoms with Gasteiger partial charge in [0.05, 0.1) is 5.69 Å². The minimum Gasteiger partial charge on any atom is -0.508 e. The number of aromatic hydroxyl groups is 1. The number of benzene rings is 1. The highest BCUT2D eigenvalue weighted by Crippen LogP contribution is 2.25. The van der Waals surface area contributed by atoms with E-state index in [9.17, 15) is 5.11 Å². The third kappa shape index (κ3) is 3.05. The van der Waals surface area contributed by atoms with Crippen LogP contribution in [0.5, 0.6) is 5.75 Å². The number of nitrogen functional groups attached to an aromatic ring is 1. The highest BCUT2D eigenvalue weighted by atomic mass is 16.3. The van der Waals surface area contributed by atoms with Crippen LogP contribution in [0.15, 0.2) is 30.3 Å². The molecule has 21 heavy (non-hydrogen) atoms. The average Bonchev–Trinajstić information content (AvgIpc) is 2.47. The van der Waals surface area contributed by atoms with Gasteiger partial charge in [-0.25, -0.2) is 4.98 Å². The first-order valence-corrected chi connectivity index (χ1v) is 6.99. The smallest absolute Gasteiger partial charge is 0.222 e. The van der Waals surface area contributed by atoms with Gasteiger partial charge in [-0.05, 0) is 19.2 Å². The second kappa shape index (κ2) is 5.57. The lowest BCUT2D eigenvalue weighted by atomic mass is 10.1. The minimum atomic E-state index is 0.214. The van der Waals surface area contributed by atoms with Crippen molar-refractivity contribution in [1.29, 1.82) is 0 Å². The molecule has 3 rings (SSSR count). The van der Waals surface area contributed by atoms with Crippen LogP contribution in [0.2, 0.25) is 0 Å². The number of likely N-dealkylation sites (N-methyl/N-ethyl adjacent to an activating group) is 1. The van der Waals surface area contributed by atoms with E-state index >= 15 is 0 Å². The lowest BCUT2D eigenvalue weighted by molar-refractivity contribution is 0.312. The molecule has 0 atom stereocenters. The van der Waals surface area contributed by atoms with Crippen molar-refractivity contribution < 1.29 is 5.11 Å². The second-order valence-electron chi connectivity index (χ2n) is 5.31. The maximum absolute atomic E-state index is 9.60. The van der Waals surface area contributed by atoms with E-state index in [1.807, 2.05) is 12.1 Å². The van der Waals surface area contributed by atoms with Crippen LogP contribution in [0.4, 0.5) is 11.8 Å². The van der Waals surface area contributed by atoms with Crippen molar-refractivity contribution in [2.75, 3.05) is 43.9 Å². The molecule has 1 aromatic heterocycles. The Labute approximate surface area is 123 Å². The zero-order valence-electron chi connectivity index (χ0n) is 12.0. The molecular formula is C15H19N5O. The highest BCUT2D eigenvalue weighted by Gasteiger charge is 2.17. The summed E-state index contributed by atoms with van der Waals surface area (Å²) in [6, 6.07) is 8.93.